The Bertz CT molecular complexity index is 1820. The van der Waals surface area contributed by atoms with E-state index in [-0.39, 0.29) is 11.4 Å². The van der Waals surface area contributed by atoms with Gasteiger partial charge in [-0.1, -0.05) is 20.8 Å². The summed E-state index contributed by atoms with van der Waals surface area (Å²) in [6.45, 7) is 5.49. The molecule has 0 unspecified atom stereocenters. The third-order valence-corrected chi connectivity index (χ3v) is 6.21. The molecule has 38 heavy (non-hydrogen) atoms. The second-order valence-electron chi connectivity index (χ2n) is 10.00. The number of amides is 1. The highest BCUT2D eigenvalue weighted by Crippen LogP contribution is 2.34. The van der Waals surface area contributed by atoms with Crippen LogP contribution < -0.4 is 5.32 Å². The quantitative estimate of drug-likeness (QED) is 0.280. The molecule has 6 aromatic rings. The van der Waals surface area contributed by atoms with Gasteiger partial charge in [-0.25, -0.2) is 9.37 Å². The van der Waals surface area contributed by atoms with E-state index in [1.807, 2.05) is 45.0 Å². The van der Waals surface area contributed by atoms with E-state index in [4.69, 9.17) is 4.98 Å². The van der Waals surface area contributed by atoms with Crippen LogP contribution in [0.4, 0.5) is 10.1 Å². The van der Waals surface area contributed by atoms with Crippen LogP contribution in [0.1, 0.15) is 20.8 Å². The fourth-order valence-electron chi connectivity index (χ4n) is 4.18. The Labute approximate surface area is 216 Å². The maximum Gasteiger partial charge on any atom is 0.229 e. The predicted octanol–water partition coefficient (Wildman–Crippen LogP) is 5.75. The highest BCUT2D eigenvalue weighted by Gasteiger charge is 2.22. The maximum absolute atomic E-state index is 15.2. The fraction of sp³-hybridized carbons (Fsp3) is 0.143. The molecule has 0 spiro atoms. The van der Waals surface area contributed by atoms with Crippen LogP contribution in [-0.2, 0) is 4.79 Å². The van der Waals surface area contributed by atoms with E-state index >= 15 is 4.39 Å². The van der Waals surface area contributed by atoms with Crippen molar-refractivity contribution < 1.29 is 9.18 Å². The molecule has 1 amide bonds. The molecule has 188 valence electrons. The molecule has 0 aliphatic rings. The summed E-state index contributed by atoms with van der Waals surface area (Å²) in [6, 6.07) is 10.6. The zero-order valence-corrected chi connectivity index (χ0v) is 20.9. The molecule has 0 radical (unpaired) electrons. The van der Waals surface area contributed by atoms with Gasteiger partial charge in [-0.15, -0.1) is 0 Å². The monoisotopic (exact) mass is 506 g/mol. The van der Waals surface area contributed by atoms with Crippen LogP contribution in [0, 0.1) is 11.2 Å². The number of hydrogen-bond donors (Lipinski definition) is 3. The Morgan fingerprint density at radius 2 is 1.74 bits per heavy atom. The number of benzene rings is 1. The van der Waals surface area contributed by atoms with Crippen molar-refractivity contribution in [3.05, 3.63) is 73.2 Å². The van der Waals surface area contributed by atoms with Gasteiger partial charge in [0.2, 0.25) is 5.91 Å². The van der Waals surface area contributed by atoms with Crippen LogP contribution in [0.25, 0.3) is 55.8 Å². The number of carbonyl (C=O) groups excluding carboxylic acids is 1. The van der Waals surface area contributed by atoms with E-state index in [0.29, 0.717) is 44.9 Å². The molecule has 0 bridgehead atoms. The molecule has 9 nitrogen and oxygen atoms in total. The minimum Gasteiger partial charge on any atom is -0.337 e. The number of halogens is 1. The molecule has 5 aromatic heterocycles. The first-order valence-electron chi connectivity index (χ1n) is 12.0. The highest BCUT2D eigenvalue weighted by molar-refractivity contribution is 5.98. The van der Waals surface area contributed by atoms with Gasteiger partial charge in [0.1, 0.15) is 16.7 Å². The van der Waals surface area contributed by atoms with Crippen LogP contribution in [0.5, 0.6) is 0 Å². The second kappa shape index (κ2) is 8.84. The van der Waals surface area contributed by atoms with Crippen molar-refractivity contribution in [2.24, 2.45) is 5.41 Å². The van der Waals surface area contributed by atoms with Crippen molar-refractivity contribution in [2.75, 3.05) is 5.32 Å². The van der Waals surface area contributed by atoms with Crippen molar-refractivity contribution in [2.45, 2.75) is 20.8 Å². The van der Waals surface area contributed by atoms with E-state index in [0.717, 1.165) is 11.1 Å². The van der Waals surface area contributed by atoms with E-state index in [1.165, 1.54) is 6.07 Å². The lowest BCUT2D eigenvalue weighted by Crippen LogP contribution is -2.27. The van der Waals surface area contributed by atoms with Crippen LogP contribution in [-0.4, -0.2) is 41.0 Å². The van der Waals surface area contributed by atoms with Crippen LogP contribution in [0.15, 0.2) is 67.4 Å². The summed E-state index contributed by atoms with van der Waals surface area (Å²) in [6.07, 6.45) is 8.31. The second-order valence-corrected chi connectivity index (χ2v) is 10.00. The Balaban J connectivity index is 1.43. The molecule has 1 aromatic carbocycles. The maximum atomic E-state index is 15.2. The average molecular weight is 507 g/mol. The minimum atomic E-state index is -0.563. The largest absolute Gasteiger partial charge is 0.337 e. The summed E-state index contributed by atoms with van der Waals surface area (Å²) in [5.74, 6) is -0.119. The molecule has 3 N–H and O–H groups in total. The summed E-state index contributed by atoms with van der Waals surface area (Å²) in [7, 11) is 0. The topological polar surface area (TPSA) is 125 Å². The van der Waals surface area contributed by atoms with Gasteiger partial charge in [0.05, 0.1) is 23.1 Å². The number of aromatic nitrogens is 7. The standard InChI is InChI=1S/C28H23FN8O/c1-28(2,3)27(38)33-18-10-17(13-31-14-18)16-11-19-23(20(29)12-16)36-37-24(19)26-34-21-6-9-32-22(25(21)35-26)15-4-7-30-8-5-15/h4-14H,1-3H3,(H,33,38)(H,34,35)(H,36,37). The minimum absolute atomic E-state index is 0.138. The zero-order valence-electron chi connectivity index (χ0n) is 20.9. The number of fused-ring (bicyclic) bond motifs is 2. The number of rotatable bonds is 4. The number of carbonyl (C=O) groups is 1. The first kappa shape index (κ1) is 23.4. The third-order valence-electron chi connectivity index (χ3n) is 6.21. The summed E-state index contributed by atoms with van der Waals surface area (Å²) in [5.41, 5.74) is 5.01. The summed E-state index contributed by atoms with van der Waals surface area (Å²) in [5, 5.41) is 10.6. The van der Waals surface area contributed by atoms with Crippen LogP contribution in [0.3, 0.4) is 0 Å². The number of anilines is 1. The SMILES string of the molecule is CC(C)(C)C(=O)Nc1cncc(-c2cc(F)c3n[nH]c(-c4nc5c(-c6ccncc6)nccc5[nH]4)c3c2)c1. The lowest BCUT2D eigenvalue weighted by molar-refractivity contribution is -0.123. The van der Waals surface area contributed by atoms with E-state index in [1.54, 1.807) is 37.1 Å². The van der Waals surface area contributed by atoms with Crippen molar-refractivity contribution in [3.8, 4) is 33.9 Å². The number of imidazole rings is 1. The third kappa shape index (κ3) is 4.15. The van der Waals surface area contributed by atoms with E-state index in [9.17, 15) is 4.79 Å². The first-order chi connectivity index (χ1) is 18.3. The summed E-state index contributed by atoms with van der Waals surface area (Å²) < 4.78 is 15.2. The number of aromatic amines is 2. The number of nitrogens with zero attached hydrogens (tertiary/aromatic N) is 5. The zero-order chi connectivity index (χ0) is 26.4. The smallest absolute Gasteiger partial charge is 0.229 e. The number of pyridine rings is 3. The molecule has 10 heteroatoms. The van der Waals surface area contributed by atoms with Crippen LogP contribution >= 0.6 is 0 Å². The summed E-state index contributed by atoms with van der Waals surface area (Å²) >= 11 is 0. The first-order valence-corrected chi connectivity index (χ1v) is 12.0. The number of hydrogen-bond acceptors (Lipinski definition) is 6. The van der Waals surface area contributed by atoms with Crippen molar-refractivity contribution in [1.82, 2.24) is 35.1 Å². The van der Waals surface area contributed by atoms with Gasteiger partial charge in [-0.3, -0.25) is 24.8 Å². The molecule has 0 saturated heterocycles. The summed E-state index contributed by atoms with van der Waals surface area (Å²) in [4.78, 5) is 33.4. The molecule has 0 aliphatic heterocycles. The lowest BCUT2D eigenvalue weighted by Gasteiger charge is -2.17. The molecule has 0 atom stereocenters. The molecule has 5 heterocycles. The Kier molecular flexibility index (Phi) is 5.45. The van der Waals surface area contributed by atoms with Gasteiger partial charge in [0.25, 0.3) is 0 Å². The predicted molar refractivity (Wildman–Crippen MR) is 143 cm³/mol. The van der Waals surface area contributed by atoms with Crippen LogP contribution in [0.2, 0.25) is 0 Å². The Hall–Kier alpha value is -4.99. The molecule has 6 rings (SSSR count). The van der Waals surface area contributed by atoms with Gasteiger partial charge >= 0.3 is 0 Å². The van der Waals surface area contributed by atoms with Crippen molar-refractivity contribution >= 4 is 33.5 Å². The molecular weight excluding hydrogens is 483 g/mol. The van der Waals surface area contributed by atoms with E-state index < -0.39 is 11.2 Å². The lowest BCUT2D eigenvalue weighted by atomic mass is 9.95. The molecule has 0 fully saturated rings. The molecule has 0 saturated carbocycles. The fourth-order valence-corrected chi connectivity index (χ4v) is 4.18. The van der Waals surface area contributed by atoms with Gasteiger partial charge in [0.15, 0.2) is 11.6 Å². The van der Waals surface area contributed by atoms with Crippen molar-refractivity contribution in [1.29, 1.82) is 0 Å². The Morgan fingerprint density at radius 1 is 0.921 bits per heavy atom. The van der Waals surface area contributed by atoms with Gasteiger partial charge in [-0.05, 0) is 42.0 Å². The molecule has 0 aliphatic carbocycles. The van der Waals surface area contributed by atoms with Crippen molar-refractivity contribution in [3.63, 3.8) is 0 Å². The van der Waals surface area contributed by atoms with Gasteiger partial charge in [-0.2, -0.15) is 5.10 Å². The van der Waals surface area contributed by atoms with Gasteiger partial charge in [0, 0.05) is 46.7 Å². The van der Waals surface area contributed by atoms with Gasteiger partial charge < -0.3 is 10.3 Å². The van der Waals surface area contributed by atoms with E-state index in [2.05, 4.69) is 35.5 Å². The Morgan fingerprint density at radius 3 is 2.53 bits per heavy atom. The normalized spacial score (nSPS) is 11.8. The number of H-pyrrole nitrogens is 2. The molecular formula is C28H23FN8O. The number of nitrogens with one attached hydrogen (secondary N) is 3. The average Bonchev–Trinajstić information content (AvgIpc) is 3.53. The highest BCUT2D eigenvalue weighted by atomic mass is 19.1.